The van der Waals surface area contributed by atoms with E-state index >= 15 is 0 Å². The molecular weight excluding hydrogens is 198 g/mol. The minimum absolute atomic E-state index is 0.216. The summed E-state index contributed by atoms with van der Waals surface area (Å²) >= 11 is 0. The van der Waals surface area contributed by atoms with Gasteiger partial charge in [-0.2, -0.15) is 0 Å². The maximum Gasteiger partial charge on any atom is 0.0529 e. The fourth-order valence-electron chi connectivity index (χ4n) is 1.24. The van der Waals surface area contributed by atoms with Gasteiger partial charge in [-0.25, -0.2) is 0 Å². The molecule has 2 nitrogen and oxygen atoms in total. The van der Waals surface area contributed by atoms with Crippen molar-refractivity contribution >= 4 is 0 Å². The van der Waals surface area contributed by atoms with Gasteiger partial charge in [0.2, 0.25) is 0 Å². The highest BCUT2D eigenvalue weighted by atomic mass is 16.5. The molecule has 0 fully saturated rings. The largest absolute Gasteiger partial charge is 0.380 e. The van der Waals surface area contributed by atoms with Crippen LogP contribution in [0.5, 0.6) is 0 Å². The van der Waals surface area contributed by atoms with Crippen molar-refractivity contribution < 1.29 is 4.74 Å². The zero-order valence-corrected chi connectivity index (χ0v) is 12.3. The Morgan fingerprint density at radius 2 is 1.50 bits per heavy atom. The third kappa shape index (κ3) is 8.12. The summed E-state index contributed by atoms with van der Waals surface area (Å²) in [7, 11) is 0. The summed E-state index contributed by atoms with van der Waals surface area (Å²) in [6, 6.07) is 0.548. The van der Waals surface area contributed by atoms with Gasteiger partial charge in [0, 0.05) is 18.0 Å². The van der Waals surface area contributed by atoms with E-state index in [1.165, 1.54) is 0 Å². The molecule has 0 unspecified atom stereocenters. The molecule has 0 spiro atoms. The van der Waals surface area contributed by atoms with Gasteiger partial charge in [0.1, 0.15) is 0 Å². The Balaban J connectivity index is 3.82. The summed E-state index contributed by atoms with van der Waals surface area (Å²) in [4.78, 5) is 0. The van der Waals surface area contributed by atoms with Crippen molar-refractivity contribution in [1.29, 1.82) is 0 Å². The van der Waals surface area contributed by atoms with Gasteiger partial charge in [-0.05, 0) is 11.8 Å². The molecule has 0 saturated carbocycles. The lowest BCUT2D eigenvalue weighted by molar-refractivity contribution is 0.0137. The first kappa shape index (κ1) is 15.9. The van der Waals surface area contributed by atoms with Crippen LogP contribution < -0.4 is 5.32 Å². The summed E-state index contributed by atoms with van der Waals surface area (Å²) < 4.78 is 5.85. The van der Waals surface area contributed by atoms with E-state index in [9.17, 15) is 0 Å². The molecule has 0 atom stereocenters. The molecule has 0 saturated heterocycles. The Hall–Kier alpha value is -0.0800. The van der Waals surface area contributed by atoms with Crippen LogP contribution in [0.2, 0.25) is 0 Å². The van der Waals surface area contributed by atoms with E-state index in [1.807, 2.05) is 0 Å². The molecule has 0 radical (unpaired) electrons. The van der Waals surface area contributed by atoms with E-state index in [4.69, 9.17) is 4.74 Å². The van der Waals surface area contributed by atoms with E-state index in [0.717, 1.165) is 26.2 Å². The number of hydrogen-bond donors (Lipinski definition) is 1. The maximum absolute atomic E-state index is 5.85. The van der Waals surface area contributed by atoms with Crippen LogP contribution in [-0.4, -0.2) is 25.8 Å². The van der Waals surface area contributed by atoms with Crippen LogP contribution in [0.4, 0.5) is 0 Å². The molecule has 16 heavy (non-hydrogen) atoms. The summed E-state index contributed by atoms with van der Waals surface area (Å²) in [5.74, 6) is 0. The van der Waals surface area contributed by atoms with Crippen molar-refractivity contribution in [2.75, 3.05) is 19.8 Å². The van der Waals surface area contributed by atoms with Gasteiger partial charge in [-0.15, -0.1) is 0 Å². The topological polar surface area (TPSA) is 21.3 Å². The molecule has 0 aliphatic carbocycles. The molecule has 0 aliphatic rings. The molecule has 0 amide bonds. The summed E-state index contributed by atoms with van der Waals surface area (Å²) in [6.07, 6.45) is 1.16. The van der Waals surface area contributed by atoms with Gasteiger partial charge >= 0.3 is 0 Å². The predicted octanol–water partition coefficient (Wildman–Crippen LogP) is 3.46. The SMILES string of the molecule is CCC(C)(C)COCC(C)(C)CNC(C)C. The van der Waals surface area contributed by atoms with Crippen LogP contribution in [0.1, 0.15) is 54.9 Å². The standard InChI is InChI=1S/C14H31NO/c1-8-13(4,5)10-16-11-14(6,7)9-15-12(2)3/h12,15H,8-11H2,1-7H3. The van der Waals surface area contributed by atoms with E-state index in [1.54, 1.807) is 0 Å². The van der Waals surface area contributed by atoms with Gasteiger partial charge in [-0.1, -0.05) is 48.5 Å². The van der Waals surface area contributed by atoms with E-state index in [2.05, 4.69) is 53.8 Å². The monoisotopic (exact) mass is 229 g/mol. The Morgan fingerprint density at radius 1 is 1.00 bits per heavy atom. The van der Waals surface area contributed by atoms with Crippen LogP contribution in [0.15, 0.2) is 0 Å². The fraction of sp³-hybridized carbons (Fsp3) is 1.00. The molecule has 0 aromatic heterocycles. The maximum atomic E-state index is 5.85. The van der Waals surface area contributed by atoms with Crippen molar-refractivity contribution in [3.05, 3.63) is 0 Å². The molecule has 0 heterocycles. The first-order valence-electron chi connectivity index (χ1n) is 6.50. The molecule has 0 bridgehead atoms. The van der Waals surface area contributed by atoms with Gasteiger partial charge in [0.25, 0.3) is 0 Å². The third-order valence-corrected chi connectivity index (χ3v) is 2.93. The Morgan fingerprint density at radius 3 is 1.94 bits per heavy atom. The van der Waals surface area contributed by atoms with Crippen LogP contribution in [0.3, 0.4) is 0 Å². The van der Waals surface area contributed by atoms with Crippen LogP contribution >= 0.6 is 0 Å². The van der Waals surface area contributed by atoms with Gasteiger partial charge < -0.3 is 10.1 Å². The molecule has 0 aromatic rings. The van der Waals surface area contributed by atoms with Crippen molar-refractivity contribution in [2.24, 2.45) is 10.8 Å². The van der Waals surface area contributed by atoms with Crippen LogP contribution in [0, 0.1) is 10.8 Å². The summed E-state index contributed by atoms with van der Waals surface area (Å²) in [5.41, 5.74) is 0.523. The van der Waals surface area contributed by atoms with E-state index < -0.39 is 0 Å². The normalized spacial score (nSPS) is 13.5. The lowest BCUT2D eigenvalue weighted by Crippen LogP contribution is -2.37. The highest BCUT2D eigenvalue weighted by molar-refractivity contribution is 4.73. The Bertz CT molecular complexity index is 185. The fourth-order valence-corrected chi connectivity index (χ4v) is 1.24. The third-order valence-electron chi connectivity index (χ3n) is 2.93. The van der Waals surface area contributed by atoms with E-state index in [-0.39, 0.29) is 5.41 Å². The highest BCUT2D eigenvalue weighted by Gasteiger charge is 2.21. The molecular formula is C14H31NO. The Labute approximate surface area is 102 Å². The van der Waals surface area contributed by atoms with Crippen molar-refractivity contribution in [3.8, 4) is 0 Å². The molecule has 1 N–H and O–H groups in total. The average Bonchev–Trinajstić information content (AvgIpc) is 2.14. The molecule has 0 rings (SSSR count). The van der Waals surface area contributed by atoms with Gasteiger partial charge in [0.15, 0.2) is 0 Å². The van der Waals surface area contributed by atoms with Crippen molar-refractivity contribution in [1.82, 2.24) is 5.32 Å². The minimum atomic E-state index is 0.216. The smallest absolute Gasteiger partial charge is 0.0529 e. The van der Waals surface area contributed by atoms with E-state index in [0.29, 0.717) is 11.5 Å². The van der Waals surface area contributed by atoms with Gasteiger partial charge in [0.05, 0.1) is 13.2 Å². The second kappa shape index (κ2) is 6.61. The number of ether oxygens (including phenoxy) is 1. The van der Waals surface area contributed by atoms with Crippen LogP contribution in [-0.2, 0) is 4.74 Å². The molecule has 0 aromatic carbocycles. The first-order chi connectivity index (χ1) is 7.18. The second-order valence-electron chi connectivity index (χ2n) is 6.71. The van der Waals surface area contributed by atoms with Crippen molar-refractivity contribution in [3.63, 3.8) is 0 Å². The first-order valence-corrected chi connectivity index (χ1v) is 6.50. The zero-order valence-electron chi connectivity index (χ0n) is 12.3. The highest BCUT2D eigenvalue weighted by Crippen LogP contribution is 2.22. The lowest BCUT2D eigenvalue weighted by atomic mass is 9.91. The number of rotatable bonds is 8. The number of nitrogens with one attached hydrogen (secondary N) is 1. The Kier molecular flexibility index (Phi) is 6.57. The summed E-state index contributed by atoms with van der Waals surface area (Å²) in [5, 5.41) is 3.47. The average molecular weight is 229 g/mol. The summed E-state index contributed by atoms with van der Waals surface area (Å²) in [6.45, 7) is 18.3. The predicted molar refractivity (Wildman–Crippen MR) is 71.8 cm³/mol. The van der Waals surface area contributed by atoms with Gasteiger partial charge in [-0.3, -0.25) is 0 Å². The second-order valence-corrected chi connectivity index (χ2v) is 6.71. The molecule has 2 heteroatoms. The lowest BCUT2D eigenvalue weighted by Gasteiger charge is -2.29. The van der Waals surface area contributed by atoms with Crippen molar-refractivity contribution in [2.45, 2.75) is 60.9 Å². The van der Waals surface area contributed by atoms with Crippen LogP contribution in [0.25, 0.3) is 0 Å². The number of hydrogen-bond acceptors (Lipinski definition) is 2. The molecule has 0 aliphatic heterocycles. The zero-order chi connectivity index (χ0) is 12.8. The minimum Gasteiger partial charge on any atom is -0.380 e. The molecule has 98 valence electrons. The quantitative estimate of drug-likeness (QED) is 0.688.